The van der Waals surface area contributed by atoms with Crippen LogP contribution in [0.4, 0.5) is 0 Å². The molecule has 0 saturated heterocycles. The van der Waals surface area contributed by atoms with Gasteiger partial charge < -0.3 is 10.2 Å². The lowest BCUT2D eigenvalue weighted by Gasteiger charge is -2.25. The lowest BCUT2D eigenvalue weighted by atomic mass is 10.1. The molecule has 1 rings (SSSR count). The molecule has 21 heavy (non-hydrogen) atoms. The second kappa shape index (κ2) is 7.71. The SMILES string of the molecule is CCNC(c1c(Br)cnn1CCN(C)C)C(C)S(C)(=O)=O. The zero-order chi connectivity index (χ0) is 16.2. The van der Waals surface area contributed by atoms with Crippen molar-refractivity contribution in [3.8, 4) is 0 Å². The number of halogens is 1. The average Bonchev–Trinajstić information content (AvgIpc) is 2.73. The van der Waals surface area contributed by atoms with E-state index < -0.39 is 15.1 Å². The van der Waals surface area contributed by atoms with Crippen molar-refractivity contribution in [3.63, 3.8) is 0 Å². The molecule has 2 unspecified atom stereocenters. The highest BCUT2D eigenvalue weighted by atomic mass is 79.9. The summed E-state index contributed by atoms with van der Waals surface area (Å²) in [5.41, 5.74) is 0.886. The number of hydrogen-bond donors (Lipinski definition) is 1. The van der Waals surface area contributed by atoms with Gasteiger partial charge in [0.2, 0.25) is 0 Å². The van der Waals surface area contributed by atoms with Crippen LogP contribution in [-0.2, 0) is 16.4 Å². The van der Waals surface area contributed by atoms with E-state index in [0.29, 0.717) is 13.1 Å². The van der Waals surface area contributed by atoms with E-state index in [9.17, 15) is 8.42 Å². The Morgan fingerprint density at radius 2 is 2.10 bits per heavy atom. The van der Waals surface area contributed by atoms with Crippen LogP contribution in [0, 0.1) is 0 Å². The summed E-state index contributed by atoms with van der Waals surface area (Å²) in [5.74, 6) is 0. The highest BCUT2D eigenvalue weighted by Gasteiger charge is 2.31. The molecule has 1 heterocycles. The second-order valence-corrected chi connectivity index (χ2v) is 8.73. The average molecular weight is 381 g/mol. The maximum Gasteiger partial charge on any atom is 0.151 e. The molecule has 0 fully saturated rings. The smallest absolute Gasteiger partial charge is 0.151 e. The monoisotopic (exact) mass is 380 g/mol. The molecular formula is C13H25BrN4O2S. The predicted octanol–water partition coefficient (Wildman–Crippen LogP) is 1.29. The van der Waals surface area contributed by atoms with Gasteiger partial charge in [-0.3, -0.25) is 4.68 Å². The van der Waals surface area contributed by atoms with Gasteiger partial charge in [0.05, 0.1) is 34.2 Å². The van der Waals surface area contributed by atoms with Crippen molar-refractivity contribution in [2.45, 2.75) is 31.7 Å². The van der Waals surface area contributed by atoms with Crippen LogP contribution >= 0.6 is 15.9 Å². The van der Waals surface area contributed by atoms with E-state index in [1.54, 1.807) is 13.1 Å². The van der Waals surface area contributed by atoms with E-state index in [4.69, 9.17) is 0 Å². The zero-order valence-corrected chi connectivity index (χ0v) is 15.7. The lowest BCUT2D eigenvalue weighted by molar-refractivity contribution is 0.361. The standard InChI is InChI=1S/C13H25BrN4O2S/c1-6-15-12(10(2)21(5,19)20)13-11(14)9-16-18(13)8-7-17(3)4/h9-10,12,15H,6-8H2,1-5H3. The highest BCUT2D eigenvalue weighted by molar-refractivity contribution is 9.10. The van der Waals surface area contributed by atoms with Crippen molar-refractivity contribution < 1.29 is 8.42 Å². The molecule has 0 saturated carbocycles. The summed E-state index contributed by atoms with van der Waals surface area (Å²) < 4.78 is 26.6. The van der Waals surface area contributed by atoms with Gasteiger partial charge in [-0.05, 0) is 43.5 Å². The first-order chi connectivity index (χ1) is 9.68. The van der Waals surface area contributed by atoms with Crippen LogP contribution in [0.25, 0.3) is 0 Å². The van der Waals surface area contributed by atoms with Crippen LogP contribution in [-0.4, -0.2) is 61.8 Å². The predicted molar refractivity (Wildman–Crippen MR) is 89.2 cm³/mol. The fourth-order valence-corrected chi connectivity index (χ4v) is 3.37. The Hall–Kier alpha value is -0.440. The molecule has 2 atom stereocenters. The zero-order valence-electron chi connectivity index (χ0n) is 13.3. The van der Waals surface area contributed by atoms with E-state index in [0.717, 1.165) is 16.7 Å². The minimum atomic E-state index is -3.15. The van der Waals surface area contributed by atoms with Crippen molar-refractivity contribution in [2.24, 2.45) is 0 Å². The van der Waals surface area contributed by atoms with Crippen LogP contribution in [0.1, 0.15) is 25.6 Å². The fourth-order valence-electron chi connectivity index (χ4n) is 2.11. The molecule has 0 radical (unpaired) electrons. The maximum absolute atomic E-state index is 11.9. The molecule has 122 valence electrons. The number of rotatable bonds is 8. The van der Waals surface area contributed by atoms with Gasteiger partial charge in [-0.15, -0.1) is 0 Å². The topological polar surface area (TPSA) is 67.2 Å². The van der Waals surface area contributed by atoms with Gasteiger partial charge in [0.25, 0.3) is 0 Å². The van der Waals surface area contributed by atoms with Gasteiger partial charge in [0, 0.05) is 12.8 Å². The minimum Gasteiger partial charge on any atom is -0.308 e. The van der Waals surface area contributed by atoms with E-state index in [2.05, 4.69) is 31.2 Å². The van der Waals surface area contributed by atoms with Crippen molar-refractivity contribution in [1.29, 1.82) is 0 Å². The van der Waals surface area contributed by atoms with Gasteiger partial charge in [0.15, 0.2) is 9.84 Å². The summed E-state index contributed by atoms with van der Waals surface area (Å²) >= 11 is 3.50. The van der Waals surface area contributed by atoms with Crippen LogP contribution in [0.3, 0.4) is 0 Å². The quantitative estimate of drug-likeness (QED) is 0.735. The van der Waals surface area contributed by atoms with Gasteiger partial charge in [-0.1, -0.05) is 6.92 Å². The van der Waals surface area contributed by atoms with Gasteiger partial charge >= 0.3 is 0 Å². The van der Waals surface area contributed by atoms with E-state index in [-0.39, 0.29) is 6.04 Å². The van der Waals surface area contributed by atoms with Crippen LogP contribution < -0.4 is 5.32 Å². The Kier molecular flexibility index (Phi) is 6.83. The number of hydrogen-bond acceptors (Lipinski definition) is 5. The molecule has 0 aliphatic rings. The number of likely N-dealkylation sites (N-methyl/N-ethyl adjacent to an activating group) is 1. The molecular weight excluding hydrogens is 356 g/mol. The van der Waals surface area contributed by atoms with Crippen molar-refractivity contribution in [2.75, 3.05) is 33.4 Å². The first-order valence-corrected chi connectivity index (χ1v) is 9.71. The van der Waals surface area contributed by atoms with Crippen molar-refractivity contribution >= 4 is 25.8 Å². The molecule has 0 aliphatic carbocycles. The first-order valence-electron chi connectivity index (χ1n) is 6.96. The van der Waals surface area contributed by atoms with E-state index in [1.165, 1.54) is 6.26 Å². The number of aromatic nitrogens is 2. The van der Waals surface area contributed by atoms with E-state index >= 15 is 0 Å². The summed E-state index contributed by atoms with van der Waals surface area (Å²) in [5, 5.41) is 7.12. The van der Waals surface area contributed by atoms with Crippen molar-refractivity contribution in [3.05, 3.63) is 16.4 Å². The number of nitrogens with zero attached hydrogens (tertiary/aromatic N) is 3. The molecule has 1 aromatic heterocycles. The molecule has 8 heteroatoms. The molecule has 0 aliphatic heterocycles. The fraction of sp³-hybridized carbons (Fsp3) is 0.769. The molecule has 1 N–H and O–H groups in total. The summed E-state index contributed by atoms with van der Waals surface area (Å²) in [4.78, 5) is 2.07. The normalized spacial score (nSPS) is 15.4. The summed E-state index contributed by atoms with van der Waals surface area (Å²) in [6.07, 6.45) is 3.00. The minimum absolute atomic E-state index is 0.288. The largest absolute Gasteiger partial charge is 0.308 e. The highest BCUT2D eigenvalue weighted by Crippen LogP contribution is 2.28. The number of sulfone groups is 1. The van der Waals surface area contributed by atoms with Crippen LogP contribution in [0.5, 0.6) is 0 Å². The maximum atomic E-state index is 11.9. The molecule has 0 spiro atoms. The van der Waals surface area contributed by atoms with Gasteiger partial charge in [-0.2, -0.15) is 5.10 Å². The Bertz CT molecular complexity index is 557. The number of nitrogens with one attached hydrogen (secondary N) is 1. The van der Waals surface area contributed by atoms with Crippen LogP contribution in [0.15, 0.2) is 10.7 Å². The van der Waals surface area contributed by atoms with E-state index in [1.807, 2.05) is 25.7 Å². The lowest BCUT2D eigenvalue weighted by Crippen LogP contribution is -2.37. The molecule has 0 bridgehead atoms. The Labute approximate surface area is 135 Å². The third-order valence-electron chi connectivity index (χ3n) is 3.46. The molecule has 1 aromatic rings. The van der Waals surface area contributed by atoms with Crippen molar-refractivity contribution in [1.82, 2.24) is 20.0 Å². The third-order valence-corrected chi connectivity index (χ3v) is 5.69. The van der Waals surface area contributed by atoms with Gasteiger partial charge in [-0.25, -0.2) is 8.42 Å². The Morgan fingerprint density at radius 1 is 1.48 bits per heavy atom. The Balaban J connectivity index is 3.16. The van der Waals surface area contributed by atoms with Gasteiger partial charge in [0.1, 0.15) is 0 Å². The summed E-state index contributed by atoms with van der Waals surface area (Å²) in [6, 6.07) is -0.288. The Morgan fingerprint density at radius 3 is 2.57 bits per heavy atom. The third kappa shape index (κ3) is 5.05. The molecule has 0 amide bonds. The molecule has 6 nitrogen and oxygen atoms in total. The summed E-state index contributed by atoms with van der Waals surface area (Å²) in [7, 11) is 0.848. The summed E-state index contributed by atoms with van der Waals surface area (Å²) in [6.45, 7) is 5.95. The molecule has 0 aromatic carbocycles. The first kappa shape index (κ1) is 18.6. The van der Waals surface area contributed by atoms with Crippen LogP contribution in [0.2, 0.25) is 0 Å². The second-order valence-electron chi connectivity index (χ2n) is 5.47.